The molecule has 2 N–H and O–H groups in total. The summed E-state index contributed by atoms with van der Waals surface area (Å²) in [6.45, 7) is 0.691. The highest BCUT2D eigenvalue weighted by molar-refractivity contribution is 6.08. The van der Waals surface area contributed by atoms with Gasteiger partial charge in [-0.05, 0) is 26.2 Å². The summed E-state index contributed by atoms with van der Waals surface area (Å²) in [5.74, 6) is -1.37. The third-order valence-corrected chi connectivity index (χ3v) is 2.94. The number of hydrogen-bond donors (Lipinski definition) is 2. The predicted molar refractivity (Wildman–Crippen MR) is 78.2 cm³/mol. The highest BCUT2D eigenvalue weighted by Gasteiger charge is 2.28. The summed E-state index contributed by atoms with van der Waals surface area (Å²) in [6.07, 6.45) is 0. The minimum Gasteiger partial charge on any atom is -0.483 e. The van der Waals surface area contributed by atoms with Crippen molar-refractivity contribution in [2.45, 2.75) is 0 Å². The number of nitrogens with one attached hydrogen (secondary N) is 1. The zero-order valence-corrected chi connectivity index (χ0v) is 12.4. The Kier molecular flexibility index (Phi) is 6.46. The number of anilines is 1. The zero-order valence-electron chi connectivity index (χ0n) is 12.4. The van der Waals surface area contributed by atoms with E-state index in [0.29, 0.717) is 13.1 Å². The fourth-order valence-corrected chi connectivity index (χ4v) is 1.94. The lowest BCUT2D eigenvalue weighted by molar-refractivity contribution is -0.123. The van der Waals surface area contributed by atoms with Gasteiger partial charge >= 0.3 is 0 Å². The number of carbonyl (C=O) groups is 3. The largest absolute Gasteiger partial charge is 0.483 e. The summed E-state index contributed by atoms with van der Waals surface area (Å²) in [7, 11) is 3.74. The average molecular weight is 311 g/mol. The number of rotatable bonds is 3. The van der Waals surface area contributed by atoms with Gasteiger partial charge in [0.25, 0.3) is 12.4 Å². The Labute approximate surface area is 127 Å². The molecule has 2 amide bonds. The zero-order chi connectivity index (χ0) is 16.7. The van der Waals surface area contributed by atoms with E-state index in [9.17, 15) is 14.0 Å². The Morgan fingerprint density at radius 1 is 1.41 bits per heavy atom. The monoisotopic (exact) mass is 311 g/mol. The van der Waals surface area contributed by atoms with E-state index in [2.05, 4.69) is 5.32 Å². The third kappa shape index (κ3) is 4.52. The van der Waals surface area contributed by atoms with Gasteiger partial charge < -0.3 is 20.2 Å². The third-order valence-electron chi connectivity index (χ3n) is 2.94. The number of hydrogen-bond acceptors (Lipinski definition) is 4. The molecule has 7 nitrogen and oxygen atoms in total. The molecule has 1 aliphatic rings. The van der Waals surface area contributed by atoms with E-state index in [4.69, 9.17) is 9.90 Å². The molecular formula is C14H18FN3O4. The smallest absolute Gasteiger partial charge is 0.290 e. The second-order valence-electron chi connectivity index (χ2n) is 4.85. The topological polar surface area (TPSA) is 90.0 Å². The summed E-state index contributed by atoms with van der Waals surface area (Å²) in [5, 5.41) is 9.45. The standard InChI is InChI=1S/C13H16FN3O2.CH2O2/c1-16(2)6-7-17-8-11(18)15-10-5-3-4-9(14)12(10)13(17)19;2-1-3/h3-5H,6-8H2,1-2H3,(H,15,18);1H,(H,2,3). The molecule has 0 aliphatic carbocycles. The first-order valence-corrected chi connectivity index (χ1v) is 6.51. The molecule has 1 aromatic carbocycles. The van der Waals surface area contributed by atoms with Gasteiger partial charge in [0, 0.05) is 13.1 Å². The Balaban J connectivity index is 0.000000745. The Morgan fingerprint density at radius 2 is 2.05 bits per heavy atom. The summed E-state index contributed by atoms with van der Waals surface area (Å²) < 4.78 is 13.8. The highest BCUT2D eigenvalue weighted by Crippen LogP contribution is 2.23. The van der Waals surface area contributed by atoms with Crippen molar-refractivity contribution in [1.29, 1.82) is 0 Å². The normalized spacial score (nSPS) is 13.7. The van der Waals surface area contributed by atoms with E-state index < -0.39 is 11.7 Å². The van der Waals surface area contributed by atoms with Gasteiger partial charge in [-0.15, -0.1) is 0 Å². The van der Waals surface area contributed by atoms with Crippen LogP contribution < -0.4 is 5.32 Å². The maximum atomic E-state index is 13.8. The van der Waals surface area contributed by atoms with E-state index in [0.717, 1.165) is 0 Å². The van der Waals surface area contributed by atoms with Crippen molar-refractivity contribution < 1.29 is 23.9 Å². The predicted octanol–water partition coefficient (Wildman–Crippen LogP) is 0.482. The molecule has 0 atom stereocenters. The fourth-order valence-electron chi connectivity index (χ4n) is 1.94. The van der Waals surface area contributed by atoms with Crippen molar-refractivity contribution in [3.05, 3.63) is 29.6 Å². The van der Waals surface area contributed by atoms with Crippen molar-refractivity contribution in [2.24, 2.45) is 0 Å². The second-order valence-corrected chi connectivity index (χ2v) is 4.85. The molecule has 22 heavy (non-hydrogen) atoms. The first-order valence-electron chi connectivity index (χ1n) is 6.51. The van der Waals surface area contributed by atoms with Gasteiger partial charge in [0.15, 0.2) is 0 Å². The van der Waals surface area contributed by atoms with Crippen molar-refractivity contribution in [2.75, 3.05) is 39.0 Å². The number of carbonyl (C=O) groups excluding carboxylic acids is 2. The van der Waals surface area contributed by atoms with Gasteiger partial charge in [0.2, 0.25) is 5.91 Å². The molecule has 120 valence electrons. The van der Waals surface area contributed by atoms with Crippen molar-refractivity contribution in [3.8, 4) is 0 Å². The van der Waals surface area contributed by atoms with Crippen molar-refractivity contribution in [1.82, 2.24) is 9.80 Å². The Hall–Kier alpha value is -2.48. The molecule has 1 aliphatic heterocycles. The van der Waals surface area contributed by atoms with Crippen LogP contribution in [0.3, 0.4) is 0 Å². The van der Waals surface area contributed by atoms with E-state index in [-0.39, 0.29) is 30.2 Å². The van der Waals surface area contributed by atoms with Gasteiger partial charge in [0.05, 0.1) is 11.3 Å². The number of carboxylic acid groups (broad SMARTS) is 1. The van der Waals surface area contributed by atoms with Gasteiger partial charge in [-0.25, -0.2) is 4.39 Å². The molecule has 1 heterocycles. The maximum Gasteiger partial charge on any atom is 0.290 e. The SMILES string of the molecule is CN(C)CCN1CC(=O)Nc2cccc(F)c2C1=O.O=CO. The molecule has 8 heteroatoms. The van der Waals surface area contributed by atoms with Crippen LogP contribution in [0.1, 0.15) is 10.4 Å². The molecule has 0 saturated carbocycles. The lowest BCUT2D eigenvalue weighted by Crippen LogP contribution is -2.39. The van der Waals surface area contributed by atoms with E-state index in [1.165, 1.54) is 23.1 Å². The lowest BCUT2D eigenvalue weighted by atomic mass is 10.1. The van der Waals surface area contributed by atoms with Crippen LogP contribution in [0.15, 0.2) is 18.2 Å². The summed E-state index contributed by atoms with van der Waals surface area (Å²) >= 11 is 0. The molecule has 0 saturated heterocycles. The van der Waals surface area contributed by atoms with Crippen LogP contribution >= 0.6 is 0 Å². The van der Waals surface area contributed by atoms with Gasteiger partial charge in [-0.2, -0.15) is 0 Å². The van der Waals surface area contributed by atoms with Gasteiger partial charge in [-0.1, -0.05) is 6.07 Å². The van der Waals surface area contributed by atoms with Crippen LogP contribution in [0.25, 0.3) is 0 Å². The second kappa shape index (κ2) is 8.08. The number of fused-ring (bicyclic) bond motifs is 1. The fraction of sp³-hybridized carbons (Fsp3) is 0.357. The van der Waals surface area contributed by atoms with E-state index in [1.807, 2.05) is 19.0 Å². The molecule has 0 unspecified atom stereocenters. The minimum atomic E-state index is -0.612. The number of amides is 2. The summed E-state index contributed by atoms with van der Waals surface area (Å²) in [4.78, 5) is 35.6. The van der Waals surface area contributed by atoms with Gasteiger partial charge in [-0.3, -0.25) is 14.4 Å². The summed E-state index contributed by atoms with van der Waals surface area (Å²) in [6, 6.07) is 4.22. The number of benzene rings is 1. The number of halogens is 1. The number of nitrogens with zero attached hydrogens (tertiary/aromatic N) is 2. The highest BCUT2D eigenvalue weighted by atomic mass is 19.1. The van der Waals surface area contributed by atoms with Crippen LogP contribution in [-0.4, -0.2) is 66.9 Å². The van der Waals surface area contributed by atoms with E-state index in [1.54, 1.807) is 0 Å². The quantitative estimate of drug-likeness (QED) is 0.793. The molecule has 0 fully saturated rings. The molecule has 0 aromatic heterocycles. The first-order chi connectivity index (χ1) is 10.4. The Bertz CT molecular complexity index is 563. The number of likely N-dealkylation sites (N-methyl/N-ethyl adjacent to an activating group) is 1. The van der Waals surface area contributed by atoms with Crippen LogP contribution in [0.5, 0.6) is 0 Å². The van der Waals surface area contributed by atoms with E-state index >= 15 is 0 Å². The molecule has 0 spiro atoms. The van der Waals surface area contributed by atoms with Gasteiger partial charge in [0.1, 0.15) is 12.4 Å². The van der Waals surface area contributed by atoms with Crippen LogP contribution in [0.4, 0.5) is 10.1 Å². The van der Waals surface area contributed by atoms with Crippen molar-refractivity contribution in [3.63, 3.8) is 0 Å². The van der Waals surface area contributed by atoms with Crippen LogP contribution in [0, 0.1) is 5.82 Å². The van der Waals surface area contributed by atoms with Crippen LogP contribution in [0.2, 0.25) is 0 Å². The Morgan fingerprint density at radius 3 is 2.64 bits per heavy atom. The minimum absolute atomic E-state index is 0.0548. The molecular weight excluding hydrogens is 293 g/mol. The average Bonchev–Trinajstić information content (AvgIpc) is 2.55. The first kappa shape index (κ1) is 17.6. The molecule has 0 bridgehead atoms. The molecule has 1 aromatic rings. The lowest BCUT2D eigenvalue weighted by Gasteiger charge is -2.21. The van der Waals surface area contributed by atoms with Crippen LogP contribution in [-0.2, 0) is 9.59 Å². The maximum absolute atomic E-state index is 13.8. The van der Waals surface area contributed by atoms with Crippen molar-refractivity contribution >= 4 is 24.0 Å². The summed E-state index contributed by atoms with van der Waals surface area (Å²) in [5.41, 5.74) is 0.175. The molecule has 2 rings (SSSR count). The molecule has 0 radical (unpaired) electrons.